The molecule has 222 valence electrons. The van der Waals surface area contributed by atoms with E-state index in [0.717, 1.165) is 12.5 Å². The highest BCUT2D eigenvalue weighted by atomic mass is 19.4. The summed E-state index contributed by atoms with van der Waals surface area (Å²) in [5, 5.41) is 11.7. The van der Waals surface area contributed by atoms with Crippen LogP contribution in [-0.2, 0) is 11.0 Å². The fourth-order valence-electron chi connectivity index (χ4n) is 5.29. The van der Waals surface area contributed by atoms with Crippen molar-refractivity contribution in [3.05, 3.63) is 59.8 Å². The minimum Gasteiger partial charge on any atom is -0.366 e. The minimum atomic E-state index is -4.55. The molecule has 0 spiro atoms. The van der Waals surface area contributed by atoms with E-state index >= 15 is 0 Å². The summed E-state index contributed by atoms with van der Waals surface area (Å²) in [6.07, 6.45) is 3.84. The van der Waals surface area contributed by atoms with Crippen LogP contribution in [0.2, 0.25) is 0 Å². The average molecular weight is 584 g/mol. The van der Waals surface area contributed by atoms with Crippen LogP contribution in [0.3, 0.4) is 0 Å². The Morgan fingerprint density at radius 1 is 1.14 bits per heavy atom. The molecule has 14 heteroatoms. The molecule has 2 atom stereocenters. The summed E-state index contributed by atoms with van der Waals surface area (Å²) in [6.45, 7) is 6.47. The number of pyridine rings is 2. The number of aromatic nitrogens is 6. The number of piperidine rings is 1. The van der Waals surface area contributed by atoms with Gasteiger partial charge in [-0.3, -0.25) is 19.3 Å². The Morgan fingerprint density at radius 3 is 2.50 bits per heavy atom. The maximum atomic E-state index is 13.2. The number of nitrogens with zero attached hydrogens (tertiary/aromatic N) is 7. The molecule has 0 aromatic carbocycles. The fourth-order valence-corrected chi connectivity index (χ4v) is 5.29. The number of anilines is 1. The smallest absolute Gasteiger partial charge is 0.366 e. The molecule has 1 aliphatic rings. The topological polar surface area (TPSA) is 136 Å². The standard InChI is InChI=1S/C28H32F3N9O2/c1-4-16(2)35-26(42)22-11-20(14-40-25(22)36-27(32)37-40)21-13-34-39(15-21)24(18-7-9-38(10-8-18)17(3)41)19-5-6-23(33-12-19)28(29,30)31/h5-6,11-16,18,24H,4,7-10H2,1-3H3,(H2,32,37)(H,35,42). The number of hydrogen-bond donors (Lipinski definition) is 2. The summed E-state index contributed by atoms with van der Waals surface area (Å²) >= 11 is 0. The Bertz CT molecular complexity index is 1590. The van der Waals surface area contributed by atoms with Crippen LogP contribution in [0.15, 0.2) is 43.0 Å². The third-order valence-corrected chi connectivity index (χ3v) is 7.75. The van der Waals surface area contributed by atoms with Crippen LogP contribution in [0, 0.1) is 5.92 Å². The molecule has 2 amide bonds. The van der Waals surface area contributed by atoms with Crippen molar-refractivity contribution in [2.45, 2.75) is 58.3 Å². The number of carbonyl (C=O) groups excluding carboxylic acids is 2. The molecule has 0 bridgehead atoms. The minimum absolute atomic E-state index is 0.0126. The monoisotopic (exact) mass is 583 g/mol. The maximum Gasteiger partial charge on any atom is 0.433 e. The van der Waals surface area contributed by atoms with Gasteiger partial charge in [0.15, 0.2) is 5.65 Å². The summed E-state index contributed by atoms with van der Waals surface area (Å²) in [6, 6.07) is 3.62. The zero-order valence-electron chi connectivity index (χ0n) is 23.5. The summed E-state index contributed by atoms with van der Waals surface area (Å²) in [5.74, 6) is -0.324. The van der Waals surface area contributed by atoms with Gasteiger partial charge in [-0.05, 0) is 49.8 Å². The van der Waals surface area contributed by atoms with Crippen molar-refractivity contribution in [2.24, 2.45) is 5.92 Å². The molecule has 42 heavy (non-hydrogen) atoms. The Balaban J connectivity index is 1.53. The summed E-state index contributed by atoms with van der Waals surface area (Å²) < 4.78 is 42.9. The lowest BCUT2D eigenvalue weighted by Crippen LogP contribution is -2.39. The molecule has 1 aliphatic heterocycles. The van der Waals surface area contributed by atoms with Crippen molar-refractivity contribution in [3.8, 4) is 11.1 Å². The normalized spacial score (nSPS) is 16.0. The first-order valence-electron chi connectivity index (χ1n) is 13.7. The van der Waals surface area contributed by atoms with Crippen molar-refractivity contribution in [1.82, 2.24) is 39.6 Å². The van der Waals surface area contributed by atoms with E-state index in [0.29, 0.717) is 53.8 Å². The van der Waals surface area contributed by atoms with E-state index in [1.807, 2.05) is 13.8 Å². The first-order valence-corrected chi connectivity index (χ1v) is 13.7. The third-order valence-electron chi connectivity index (χ3n) is 7.75. The zero-order valence-corrected chi connectivity index (χ0v) is 23.5. The van der Waals surface area contributed by atoms with E-state index in [9.17, 15) is 22.8 Å². The van der Waals surface area contributed by atoms with Crippen LogP contribution < -0.4 is 11.1 Å². The molecule has 5 heterocycles. The Kier molecular flexibility index (Phi) is 7.89. The number of carbonyl (C=O) groups is 2. The molecular formula is C28H32F3N9O2. The molecule has 11 nitrogen and oxygen atoms in total. The first-order chi connectivity index (χ1) is 19.9. The van der Waals surface area contributed by atoms with Crippen molar-refractivity contribution in [3.63, 3.8) is 0 Å². The lowest BCUT2D eigenvalue weighted by atomic mass is 9.85. The molecule has 4 aromatic rings. The molecule has 0 aliphatic carbocycles. The second-order valence-electron chi connectivity index (χ2n) is 10.6. The van der Waals surface area contributed by atoms with Gasteiger partial charge in [0.1, 0.15) is 5.69 Å². The summed E-state index contributed by atoms with van der Waals surface area (Å²) in [5.41, 5.74) is 7.35. The second kappa shape index (κ2) is 11.4. The molecular weight excluding hydrogens is 551 g/mol. The van der Waals surface area contributed by atoms with Crippen molar-refractivity contribution in [2.75, 3.05) is 18.8 Å². The highest BCUT2D eigenvalue weighted by Crippen LogP contribution is 2.36. The molecule has 1 saturated heterocycles. The van der Waals surface area contributed by atoms with Crippen molar-refractivity contribution >= 4 is 23.4 Å². The lowest BCUT2D eigenvalue weighted by molar-refractivity contribution is -0.141. The van der Waals surface area contributed by atoms with Crippen LogP contribution in [0.25, 0.3) is 16.8 Å². The lowest BCUT2D eigenvalue weighted by Gasteiger charge is -2.36. The number of alkyl halides is 3. The highest BCUT2D eigenvalue weighted by Gasteiger charge is 2.34. The molecule has 0 saturated carbocycles. The largest absolute Gasteiger partial charge is 0.433 e. The van der Waals surface area contributed by atoms with Gasteiger partial charge in [-0.25, -0.2) is 4.52 Å². The molecule has 0 radical (unpaired) electrons. The van der Waals surface area contributed by atoms with Gasteiger partial charge in [0.2, 0.25) is 11.9 Å². The van der Waals surface area contributed by atoms with Gasteiger partial charge in [-0.15, -0.1) is 5.10 Å². The Morgan fingerprint density at radius 2 is 1.88 bits per heavy atom. The predicted molar refractivity (Wildman–Crippen MR) is 148 cm³/mol. The second-order valence-corrected chi connectivity index (χ2v) is 10.6. The zero-order chi connectivity index (χ0) is 30.2. The predicted octanol–water partition coefficient (Wildman–Crippen LogP) is 3.97. The molecule has 3 N–H and O–H groups in total. The van der Waals surface area contributed by atoms with Crippen LogP contribution in [0.1, 0.15) is 67.7 Å². The maximum absolute atomic E-state index is 13.2. The SMILES string of the molecule is CCC(C)NC(=O)c1cc(-c2cnn(C(c3ccc(C(F)(F)F)nc3)C3CCN(C(C)=O)CC3)c2)cn2nc(N)nc12. The number of rotatable bonds is 7. The van der Waals surface area contributed by atoms with E-state index in [2.05, 4.69) is 25.5 Å². The van der Waals surface area contributed by atoms with E-state index in [1.54, 1.807) is 34.2 Å². The third kappa shape index (κ3) is 5.92. The van der Waals surface area contributed by atoms with Gasteiger partial charge in [0, 0.05) is 55.8 Å². The van der Waals surface area contributed by atoms with E-state index in [1.165, 1.54) is 23.7 Å². The van der Waals surface area contributed by atoms with Gasteiger partial charge in [0.25, 0.3) is 5.91 Å². The average Bonchev–Trinajstić information content (AvgIpc) is 3.58. The summed E-state index contributed by atoms with van der Waals surface area (Å²) in [4.78, 5) is 34.7. The van der Waals surface area contributed by atoms with Crippen molar-refractivity contribution in [1.29, 1.82) is 0 Å². The molecule has 4 aromatic heterocycles. The van der Waals surface area contributed by atoms with E-state index in [-0.39, 0.29) is 29.7 Å². The number of hydrogen-bond acceptors (Lipinski definition) is 7. The highest BCUT2D eigenvalue weighted by molar-refractivity contribution is 6.01. The fraction of sp³-hybridized carbons (Fsp3) is 0.429. The van der Waals surface area contributed by atoms with Gasteiger partial charge < -0.3 is 16.0 Å². The van der Waals surface area contributed by atoms with Crippen LogP contribution in [0.4, 0.5) is 19.1 Å². The number of likely N-dealkylation sites (tertiary alicyclic amines) is 1. The Labute approximate surface area is 239 Å². The van der Waals surface area contributed by atoms with Crippen LogP contribution in [-0.4, -0.2) is 65.2 Å². The first kappa shape index (κ1) is 29.0. The van der Waals surface area contributed by atoms with E-state index < -0.39 is 17.9 Å². The quantitative estimate of drug-likeness (QED) is 0.336. The number of amides is 2. The number of halogens is 3. The number of nitrogen functional groups attached to an aromatic ring is 1. The van der Waals surface area contributed by atoms with Gasteiger partial charge in [-0.2, -0.15) is 23.3 Å². The molecule has 2 unspecified atom stereocenters. The number of nitrogens with one attached hydrogen (secondary N) is 1. The van der Waals surface area contributed by atoms with Crippen LogP contribution >= 0.6 is 0 Å². The number of nitrogens with two attached hydrogens (primary N) is 1. The summed E-state index contributed by atoms with van der Waals surface area (Å²) in [7, 11) is 0. The van der Waals surface area contributed by atoms with Crippen molar-refractivity contribution < 1.29 is 22.8 Å². The number of fused-ring (bicyclic) bond motifs is 1. The Hall–Kier alpha value is -4.49. The van der Waals surface area contributed by atoms with Gasteiger partial charge in [0.05, 0.1) is 17.8 Å². The molecule has 1 fully saturated rings. The van der Waals surface area contributed by atoms with Crippen LogP contribution in [0.5, 0.6) is 0 Å². The molecule has 5 rings (SSSR count). The van der Waals surface area contributed by atoms with Gasteiger partial charge in [-0.1, -0.05) is 13.0 Å². The van der Waals surface area contributed by atoms with E-state index in [4.69, 9.17) is 5.73 Å². The van der Waals surface area contributed by atoms with Gasteiger partial charge >= 0.3 is 6.18 Å².